The molecule has 102 valence electrons. The highest BCUT2D eigenvalue weighted by Gasteiger charge is 2.47. The zero-order valence-corrected chi connectivity index (χ0v) is 9.45. The van der Waals surface area contributed by atoms with Gasteiger partial charge in [-0.15, -0.1) is 0 Å². The van der Waals surface area contributed by atoms with Crippen LogP contribution >= 0.6 is 0 Å². The largest absolute Gasteiger partial charge is 0.481 e. The van der Waals surface area contributed by atoms with E-state index in [1.54, 1.807) is 0 Å². The van der Waals surface area contributed by atoms with E-state index in [1.165, 1.54) is 6.92 Å². The van der Waals surface area contributed by atoms with Crippen LogP contribution in [0.15, 0.2) is 0 Å². The molecule has 0 heterocycles. The summed E-state index contributed by atoms with van der Waals surface area (Å²) in [5.74, 6) is -6.28. The van der Waals surface area contributed by atoms with E-state index >= 15 is 0 Å². The molecule has 0 fully saturated rings. The number of carboxylic acids is 3. The van der Waals surface area contributed by atoms with Crippen LogP contribution in [0, 0.1) is 0 Å². The highest BCUT2D eigenvalue weighted by atomic mass is 16.6. The van der Waals surface area contributed by atoms with Gasteiger partial charge in [-0.3, -0.25) is 14.4 Å². The van der Waals surface area contributed by atoms with Gasteiger partial charge in [0.25, 0.3) is 0 Å². The molecule has 9 nitrogen and oxygen atoms in total. The van der Waals surface area contributed by atoms with Crippen LogP contribution in [0.2, 0.25) is 0 Å². The molecule has 0 saturated carbocycles. The Kier molecular flexibility index (Phi) is 5.24. The molecule has 1 unspecified atom stereocenters. The maximum Gasteiger partial charge on any atom is 0.349 e. The molecule has 0 aromatic carbocycles. The molecular formula is C9H13NO8. The van der Waals surface area contributed by atoms with E-state index in [4.69, 9.17) is 21.1 Å². The Morgan fingerprint density at radius 1 is 1.11 bits per heavy atom. The summed E-state index contributed by atoms with van der Waals surface area (Å²) in [6.45, 7) is 1.19. The molecule has 0 spiro atoms. The Morgan fingerprint density at radius 3 is 1.72 bits per heavy atom. The summed E-state index contributed by atoms with van der Waals surface area (Å²) < 4.78 is 4.46. The fraction of sp³-hybridized carbons (Fsp3) is 0.556. The molecule has 0 amide bonds. The van der Waals surface area contributed by atoms with Crippen molar-refractivity contribution in [2.24, 2.45) is 5.73 Å². The van der Waals surface area contributed by atoms with Crippen LogP contribution in [0.3, 0.4) is 0 Å². The Morgan fingerprint density at radius 2 is 1.50 bits per heavy atom. The first kappa shape index (κ1) is 15.8. The third-order valence-electron chi connectivity index (χ3n) is 1.93. The van der Waals surface area contributed by atoms with Gasteiger partial charge in [0.05, 0.1) is 12.8 Å². The molecule has 5 N–H and O–H groups in total. The van der Waals surface area contributed by atoms with Crippen molar-refractivity contribution in [3.8, 4) is 0 Å². The molecule has 0 saturated heterocycles. The number of carbonyl (C=O) groups excluding carboxylic acids is 1. The van der Waals surface area contributed by atoms with E-state index < -0.39 is 48.4 Å². The lowest BCUT2D eigenvalue weighted by Crippen LogP contribution is -2.49. The standard InChI is InChI=1S/C9H13NO8/c1-4(10)7(15)18-9(8(16)17,2-5(11)12)3-6(13)14/h4H,2-3,10H2,1H3,(H,11,12)(H,13,14)(H,16,17). The molecule has 0 aliphatic heterocycles. The second-order valence-electron chi connectivity index (χ2n) is 3.65. The van der Waals surface area contributed by atoms with Crippen molar-refractivity contribution in [1.29, 1.82) is 0 Å². The molecule has 0 radical (unpaired) electrons. The van der Waals surface area contributed by atoms with E-state index in [2.05, 4.69) is 4.74 Å². The number of ether oxygens (including phenoxy) is 1. The SMILES string of the molecule is CC(N)C(=O)OC(CC(=O)O)(CC(=O)O)C(=O)O. The number of rotatable bonds is 7. The minimum absolute atomic E-state index is 1.17. The van der Waals surface area contributed by atoms with Crippen LogP contribution in [0.1, 0.15) is 19.8 Å². The first-order valence-electron chi connectivity index (χ1n) is 4.76. The maximum atomic E-state index is 11.2. The van der Waals surface area contributed by atoms with Gasteiger partial charge in [-0.1, -0.05) is 0 Å². The molecule has 18 heavy (non-hydrogen) atoms. The van der Waals surface area contributed by atoms with Gasteiger partial charge < -0.3 is 25.8 Å². The van der Waals surface area contributed by atoms with E-state index in [0.717, 1.165) is 0 Å². The van der Waals surface area contributed by atoms with E-state index in [1.807, 2.05) is 0 Å². The van der Waals surface area contributed by atoms with Crippen molar-refractivity contribution in [3.05, 3.63) is 0 Å². The summed E-state index contributed by atoms with van der Waals surface area (Å²) in [4.78, 5) is 43.4. The Balaban J connectivity index is 5.31. The quantitative estimate of drug-likeness (QED) is 0.406. The van der Waals surface area contributed by atoms with Crippen molar-refractivity contribution in [1.82, 2.24) is 0 Å². The predicted molar refractivity (Wildman–Crippen MR) is 54.6 cm³/mol. The summed E-state index contributed by atoms with van der Waals surface area (Å²) >= 11 is 0. The molecular weight excluding hydrogens is 250 g/mol. The van der Waals surface area contributed by atoms with Crippen molar-refractivity contribution < 1.29 is 39.2 Å². The van der Waals surface area contributed by atoms with Crippen LogP contribution in [0.5, 0.6) is 0 Å². The van der Waals surface area contributed by atoms with Crippen molar-refractivity contribution in [2.45, 2.75) is 31.4 Å². The van der Waals surface area contributed by atoms with Gasteiger partial charge in [0.2, 0.25) is 5.60 Å². The topological polar surface area (TPSA) is 164 Å². The van der Waals surface area contributed by atoms with Gasteiger partial charge in [0.1, 0.15) is 6.04 Å². The number of aliphatic carboxylic acids is 3. The van der Waals surface area contributed by atoms with Crippen LogP contribution in [-0.4, -0.2) is 50.8 Å². The molecule has 0 aromatic heterocycles. The fourth-order valence-corrected chi connectivity index (χ4v) is 1.10. The van der Waals surface area contributed by atoms with Crippen LogP contribution in [-0.2, 0) is 23.9 Å². The van der Waals surface area contributed by atoms with Crippen molar-refractivity contribution in [3.63, 3.8) is 0 Å². The van der Waals surface area contributed by atoms with Crippen molar-refractivity contribution >= 4 is 23.9 Å². The van der Waals surface area contributed by atoms with E-state index in [0.29, 0.717) is 0 Å². The molecule has 9 heteroatoms. The molecule has 1 atom stereocenters. The Labute approximate surface area is 101 Å². The number of hydrogen-bond acceptors (Lipinski definition) is 6. The summed E-state index contributed by atoms with van der Waals surface area (Å²) in [5.41, 5.74) is 2.48. The minimum atomic E-state index is -2.66. The normalized spacial score (nSPS) is 12.6. The van der Waals surface area contributed by atoms with Gasteiger partial charge in [-0.25, -0.2) is 4.79 Å². The first-order valence-corrected chi connectivity index (χ1v) is 4.76. The summed E-state index contributed by atoms with van der Waals surface area (Å²) in [6.07, 6.45) is -2.35. The molecule has 0 bridgehead atoms. The average molecular weight is 263 g/mol. The smallest absolute Gasteiger partial charge is 0.349 e. The first-order chi connectivity index (χ1) is 8.10. The number of carboxylic acid groups (broad SMARTS) is 3. The van der Waals surface area contributed by atoms with E-state index in [-0.39, 0.29) is 0 Å². The van der Waals surface area contributed by atoms with Crippen LogP contribution in [0.4, 0.5) is 0 Å². The molecule has 0 rings (SSSR count). The highest BCUT2D eigenvalue weighted by molar-refractivity contribution is 5.91. The number of esters is 1. The van der Waals surface area contributed by atoms with Gasteiger partial charge in [0.15, 0.2) is 0 Å². The minimum Gasteiger partial charge on any atom is -0.481 e. The summed E-state index contributed by atoms with van der Waals surface area (Å²) in [6, 6.07) is -1.20. The monoisotopic (exact) mass is 263 g/mol. The lowest BCUT2D eigenvalue weighted by atomic mass is 9.95. The zero-order chi connectivity index (χ0) is 14.5. The van der Waals surface area contributed by atoms with Crippen LogP contribution < -0.4 is 5.73 Å². The fourth-order valence-electron chi connectivity index (χ4n) is 1.10. The molecule has 0 aromatic rings. The van der Waals surface area contributed by atoms with Gasteiger partial charge in [-0.05, 0) is 6.92 Å². The van der Waals surface area contributed by atoms with Gasteiger partial charge >= 0.3 is 23.9 Å². The third-order valence-corrected chi connectivity index (χ3v) is 1.93. The molecule has 0 aliphatic carbocycles. The highest BCUT2D eigenvalue weighted by Crippen LogP contribution is 2.22. The number of carbonyl (C=O) groups is 4. The molecule has 0 aliphatic rings. The summed E-state index contributed by atoms with van der Waals surface area (Å²) in [5, 5.41) is 26.1. The maximum absolute atomic E-state index is 11.2. The second-order valence-corrected chi connectivity index (χ2v) is 3.65. The number of hydrogen-bond donors (Lipinski definition) is 4. The zero-order valence-electron chi connectivity index (χ0n) is 9.45. The lowest BCUT2D eigenvalue weighted by Gasteiger charge is -2.26. The second kappa shape index (κ2) is 5.96. The van der Waals surface area contributed by atoms with Gasteiger partial charge in [0, 0.05) is 0 Å². The Hall–Kier alpha value is -2.16. The van der Waals surface area contributed by atoms with Crippen molar-refractivity contribution in [2.75, 3.05) is 0 Å². The predicted octanol–water partition coefficient (Wildman–Crippen LogP) is -1.35. The van der Waals surface area contributed by atoms with Gasteiger partial charge in [-0.2, -0.15) is 0 Å². The Bertz CT molecular complexity index is 359. The van der Waals surface area contributed by atoms with Crippen LogP contribution in [0.25, 0.3) is 0 Å². The summed E-state index contributed by atoms with van der Waals surface area (Å²) in [7, 11) is 0. The van der Waals surface area contributed by atoms with E-state index in [9.17, 15) is 19.2 Å². The average Bonchev–Trinajstić information content (AvgIpc) is 2.14. The number of nitrogens with two attached hydrogens (primary N) is 1. The third kappa shape index (κ3) is 4.37. The lowest BCUT2D eigenvalue weighted by molar-refractivity contribution is -0.186.